The number of rotatable bonds is 6. The number of quaternary nitrogens is 1. The van der Waals surface area contributed by atoms with Crippen molar-refractivity contribution in [3.63, 3.8) is 0 Å². The van der Waals surface area contributed by atoms with Gasteiger partial charge in [-0.3, -0.25) is 9.59 Å². The van der Waals surface area contributed by atoms with E-state index in [0.717, 1.165) is 26.3 Å². The highest BCUT2D eigenvalue weighted by Gasteiger charge is 2.24. The van der Waals surface area contributed by atoms with E-state index in [4.69, 9.17) is 0 Å². The van der Waals surface area contributed by atoms with Crippen LogP contribution in [0.3, 0.4) is 0 Å². The van der Waals surface area contributed by atoms with Gasteiger partial charge in [-0.1, -0.05) is 33.6 Å². The first kappa shape index (κ1) is 19.1. The van der Waals surface area contributed by atoms with E-state index in [9.17, 15) is 9.59 Å². The second-order valence-corrected chi connectivity index (χ2v) is 7.07. The minimum absolute atomic E-state index is 0.121. The highest BCUT2D eigenvalue weighted by molar-refractivity contribution is 9.10. The Morgan fingerprint density at radius 1 is 1.00 bits per heavy atom. The van der Waals surface area contributed by atoms with Gasteiger partial charge < -0.3 is 15.5 Å². The molecule has 0 spiro atoms. The minimum Gasteiger partial charge on any atom is -0.321 e. The van der Waals surface area contributed by atoms with E-state index in [1.54, 1.807) is 0 Å². The van der Waals surface area contributed by atoms with Crippen LogP contribution in [-0.4, -0.2) is 31.4 Å². The van der Waals surface area contributed by atoms with Gasteiger partial charge in [-0.05, 0) is 50.2 Å². The molecule has 132 valence electrons. The number of carbonyl (C=O) groups is 2. The third-order valence-corrected chi connectivity index (χ3v) is 4.55. The molecule has 0 aliphatic carbocycles. The summed E-state index contributed by atoms with van der Waals surface area (Å²) in [6.07, 6.45) is 0. The molecule has 0 fully saturated rings. The van der Waals surface area contributed by atoms with Crippen LogP contribution < -0.4 is 15.5 Å². The molecule has 2 amide bonds. The maximum atomic E-state index is 12.3. The van der Waals surface area contributed by atoms with Gasteiger partial charge in [-0.2, -0.15) is 0 Å². The molecule has 3 N–H and O–H groups in total. The average molecular weight is 405 g/mol. The molecule has 0 heterocycles. The molecular formula is C19H23BrN3O2+. The van der Waals surface area contributed by atoms with Gasteiger partial charge in [0, 0.05) is 15.8 Å². The van der Waals surface area contributed by atoms with E-state index in [2.05, 4.69) is 26.6 Å². The molecule has 2 rings (SSSR count). The fourth-order valence-corrected chi connectivity index (χ4v) is 2.52. The van der Waals surface area contributed by atoms with Crippen molar-refractivity contribution in [3.8, 4) is 0 Å². The van der Waals surface area contributed by atoms with Gasteiger partial charge in [0.25, 0.3) is 11.8 Å². The van der Waals surface area contributed by atoms with E-state index in [1.807, 2.05) is 69.4 Å². The van der Waals surface area contributed by atoms with Gasteiger partial charge in [0.2, 0.25) is 0 Å². The Labute approximate surface area is 156 Å². The molecule has 2 aromatic rings. The SMILES string of the molecule is Cc1ccc(NC(=O)C[NH+](C)[C@H](C)C(=O)Nc2ccc(Br)cc2)cc1. The predicted molar refractivity (Wildman–Crippen MR) is 104 cm³/mol. The number of amides is 2. The van der Waals surface area contributed by atoms with Gasteiger partial charge in [0.15, 0.2) is 12.6 Å². The van der Waals surface area contributed by atoms with Crippen molar-refractivity contribution in [2.75, 3.05) is 24.2 Å². The highest BCUT2D eigenvalue weighted by atomic mass is 79.9. The lowest BCUT2D eigenvalue weighted by molar-refractivity contribution is -0.885. The van der Waals surface area contributed by atoms with Crippen LogP contribution in [0, 0.1) is 6.92 Å². The van der Waals surface area contributed by atoms with Crippen LogP contribution in [0.1, 0.15) is 12.5 Å². The molecule has 6 heteroatoms. The fraction of sp³-hybridized carbons (Fsp3) is 0.263. The summed E-state index contributed by atoms with van der Waals surface area (Å²) in [7, 11) is 1.83. The van der Waals surface area contributed by atoms with Crippen molar-refractivity contribution >= 4 is 39.1 Å². The highest BCUT2D eigenvalue weighted by Crippen LogP contribution is 2.14. The van der Waals surface area contributed by atoms with Crippen molar-refractivity contribution < 1.29 is 14.5 Å². The maximum absolute atomic E-state index is 12.3. The molecular weight excluding hydrogens is 382 g/mol. The first-order valence-corrected chi connectivity index (χ1v) is 8.89. The molecule has 0 aliphatic rings. The summed E-state index contributed by atoms with van der Waals surface area (Å²) in [6, 6.07) is 14.7. The zero-order valence-corrected chi connectivity index (χ0v) is 16.2. The molecule has 5 nitrogen and oxygen atoms in total. The van der Waals surface area contributed by atoms with Crippen molar-refractivity contribution in [2.45, 2.75) is 19.9 Å². The summed E-state index contributed by atoms with van der Waals surface area (Å²) in [5.74, 6) is -0.243. The summed E-state index contributed by atoms with van der Waals surface area (Å²) in [4.78, 5) is 25.3. The summed E-state index contributed by atoms with van der Waals surface area (Å²) in [5, 5.41) is 5.72. The van der Waals surface area contributed by atoms with Crippen molar-refractivity contribution in [2.24, 2.45) is 0 Å². The molecule has 2 atom stereocenters. The molecule has 1 unspecified atom stereocenters. The maximum Gasteiger partial charge on any atom is 0.282 e. The summed E-state index contributed by atoms with van der Waals surface area (Å²) in [6.45, 7) is 4.01. The Morgan fingerprint density at radius 3 is 2.12 bits per heavy atom. The zero-order chi connectivity index (χ0) is 18.4. The van der Waals surface area contributed by atoms with Crippen LogP contribution in [0.5, 0.6) is 0 Å². The van der Waals surface area contributed by atoms with Gasteiger partial charge in [0.05, 0.1) is 7.05 Å². The van der Waals surface area contributed by atoms with Gasteiger partial charge in [0.1, 0.15) is 0 Å². The van der Waals surface area contributed by atoms with Crippen LogP contribution in [0.25, 0.3) is 0 Å². The third-order valence-electron chi connectivity index (χ3n) is 4.02. The normalized spacial score (nSPS) is 13.0. The lowest BCUT2D eigenvalue weighted by atomic mass is 10.2. The quantitative estimate of drug-likeness (QED) is 0.691. The number of hydrogen-bond acceptors (Lipinski definition) is 2. The number of aryl methyl sites for hydroxylation is 1. The summed E-state index contributed by atoms with van der Waals surface area (Å²) < 4.78 is 0.953. The van der Waals surface area contributed by atoms with E-state index in [1.165, 1.54) is 0 Å². The van der Waals surface area contributed by atoms with Crippen LogP contribution in [0.4, 0.5) is 11.4 Å². The Balaban J connectivity index is 1.86. The number of hydrogen-bond donors (Lipinski definition) is 3. The largest absolute Gasteiger partial charge is 0.321 e. The molecule has 25 heavy (non-hydrogen) atoms. The smallest absolute Gasteiger partial charge is 0.282 e. The Kier molecular flexibility index (Phi) is 6.73. The lowest BCUT2D eigenvalue weighted by Crippen LogP contribution is -3.14. The lowest BCUT2D eigenvalue weighted by Gasteiger charge is -2.20. The number of halogens is 1. The Morgan fingerprint density at radius 2 is 1.52 bits per heavy atom. The van der Waals surface area contributed by atoms with Crippen molar-refractivity contribution in [1.29, 1.82) is 0 Å². The number of anilines is 2. The number of nitrogens with one attached hydrogen (secondary N) is 3. The first-order valence-electron chi connectivity index (χ1n) is 8.10. The molecule has 0 radical (unpaired) electrons. The van der Waals surface area contributed by atoms with Gasteiger partial charge in [-0.15, -0.1) is 0 Å². The molecule has 0 bridgehead atoms. The monoisotopic (exact) mass is 404 g/mol. The number of carbonyl (C=O) groups excluding carboxylic acids is 2. The van der Waals surface area contributed by atoms with Crippen molar-refractivity contribution in [1.82, 2.24) is 0 Å². The van der Waals surface area contributed by atoms with E-state index in [0.29, 0.717) is 0 Å². The molecule has 0 saturated heterocycles. The molecule has 0 aliphatic heterocycles. The second-order valence-electron chi connectivity index (χ2n) is 6.16. The predicted octanol–water partition coefficient (Wildman–Crippen LogP) is 2.24. The van der Waals surface area contributed by atoms with Gasteiger partial charge in [-0.25, -0.2) is 0 Å². The summed E-state index contributed by atoms with van der Waals surface area (Å²) >= 11 is 3.36. The average Bonchev–Trinajstić information content (AvgIpc) is 2.58. The molecule has 2 aromatic carbocycles. The molecule has 0 aromatic heterocycles. The Hall–Kier alpha value is -2.18. The van der Waals surface area contributed by atoms with Crippen LogP contribution in [0.15, 0.2) is 53.0 Å². The minimum atomic E-state index is -0.354. The fourth-order valence-electron chi connectivity index (χ4n) is 2.26. The first-order chi connectivity index (χ1) is 11.8. The topological polar surface area (TPSA) is 62.6 Å². The van der Waals surface area contributed by atoms with E-state index in [-0.39, 0.29) is 24.4 Å². The van der Waals surface area contributed by atoms with E-state index < -0.39 is 0 Å². The van der Waals surface area contributed by atoms with Crippen molar-refractivity contribution in [3.05, 3.63) is 58.6 Å². The van der Waals surface area contributed by atoms with Crippen LogP contribution >= 0.6 is 15.9 Å². The van der Waals surface area contributed by atoms with Crippen LogP contribution in [0.2, 0.25) is 0 Å². The van der Waals surface area contributed by atoms with Crippen LogP contribution in [-0.2, 0) is 9.59 Å². The van der Waals surface area contributed by atoms with E-state index >= 15 is 0 Å². The standard InChI is InChI=1S/C19H22BrN3O2/c1-13-4-8-16(9-5-13)21-18(24)12-23(3)14(2)19(25)22-17-10-6-15(20)7-11-17/h4-11,14H,12H2,1-3H3,(H,21,24)(H,22,25)/p+1/t14-/m1/s1. The third kappa shape index (κ3) is 5.99. The zero-order valence-electron chi connectivity index (χ0n) is 14.6. The second kappa shape index (κ2) is 8.78. The Bertz CT molecular complexity index is 729. The number of likely N-dealkylation sites (N-methyl/N-ethyl adjacent to an activating group) is 1. The number of benzene rings is 2. The molecule has 0 saturated carbocycles. The summed E-state index contributed by atoms with van der Waals surface area (Å²) in [5.41, 5.74) is 2.63. The van der Waals surface area contributed by atoms with Gasteiger partial charge >= 0.3 is 0 Å².